The van der Waals surface area contributed by atoms with Gasteiger partial charge in [-0.05, 0) is 29.3 Å². The van der Waals surface area contributed by atoms with Gasteiger partial charge >= 0.3 is 0 Å². The molecule has 1 heterocycles. The van der Waals surface area contributed by atoms with Crippen molar-refractivity contribution in [2.75, 3.05) is 0 Å². The molecule has 0 aliphatic carbocycles. The lowest BCUT2D eigenvalue weighted by atomic mass is 10.1. The highest BCUT2D eigenvalue weighted by Crippen LogP contribution is 2.16. The normalized spacial score (nSPS) is 12.7. The van der Waals surface area contributed by atoms with Crippen molar-refractivity contribution in [2.24, 2.45) is 0 Å². The fourth-order valence-electron chi connectivity index (χ4n) is 2.23. The van der Waals surface area contributed by atoms with Crippen LogP contribution in [0.3, 0.4) is 0 Å². The van der Waals surface area contributed by atoms with Crippen molar-refractivity contribution in [3.63, 3.8) is 0 Å². The summed E-state index contributed by atoms with van der Waals surface area (Å²) in [5.74, 6) is 0.973. The molecule has 0 amide bonds. The molecule has 19 heavy (non-hydrogen) atoms. The fraction of sp³-hybridized carbons (Fsp3) is 0.188. The number of imidazole rings is 1. The zero-order chi connectivity index (χ0) is 13.1. The first-order chi connectivity index (χ1) is 9.33. The summed E-state index contributed by atoms with van der Waals surface area (Å²) in [5.41, 5.74) is 1.29. The second-order valence-electron chi connectivity index (χ2n) is 4.76. The molecule has 3 aromatic rings. The number of hydrogen-bond donors (Lipinski definition) is 2. The minimum Gasteiger partial charge on any atom is -0.347 e. The summed E-state index contributed by atoms with van der Waals surface area (Å²) in [7, 11) is 0. The van der Waals surface area contributed by atoms with Crippen LogP contribution >= 0.6 is 0 Å². The summed E-state index contributed by atoms with van der Waals surface area (Å²) in [6, 6.07) is 15.2. The second-order valence-corrected chi connectivity index (χ2v) is 4.76. The van der Waals surface area contributed by atoms with E-state index in [2.05, 4.69) is 64.7 Å². The van der Waals surface area contributed by atoms with Gasteiger partial charge in [-0.15, -0.1) is 0 Å². The number of benzene rings is 2. The highest BCUT2D eigenvalue weighted by atomic mass is 15.0. The van der Waals surface area contributed by atoms with Gasteiger partial charge in [0.05, 0.1) is 6.04 Å². The minimum absolute atomic E-state index is 0.224. The standard InChI is InChI=1S/C16H17N3/c1-12(16-17-8-9-18-16)19-11-13-6-7-14-4-2-3-5-15(14)10-13/h2-10,12,19H,11H2,1H3,(H,17,18). The minimum atomic E-state index is 0.224. The largest absolute Gasteiger partial charge is 0.347 e. The summed E-state index contributed by atoms with van der Waals surface area (Å²) in [4.78, 5) is 7.39. The lowest BCUT2D eigenvalue weighted by Gasteiger charge is -2.11. The number of aromatic nitrogens is 2. The van der Waals surface area contributed by atoms with E-state index >= 15 is 0 Å². The molecule has 3 rings (SSSR count). The maximum atomic E-state index is 4.26. The summed E-state index contributed by atoms with van der Waals surface area (Å²) >= 11 is 0. The molecule has 2 N–H and O–H groups in total. The van der Waals surface area contributed by atoms with Crippen LogP contribution in [-0.4, -0.2) is 9.97 Å². The molecule has 0 saturated heterocycles. The third-order valence-corrected chi connectivity index (χ3v) is 3.36. The molecule has 0 spiro atoms. The van der Waals surface area contributed by atoms with E-state index in [0.29, 0.717) is 0 Å². The molecule has 2 aromatic carbocycles. The van der Waals surface area contributed by atoms with Crippen LogP contribution in [0.15, 0.2) is 54.9 Å². The van der Waals surface area contributed by atoms with E-state index in [0.717, 1.165) is 12.4 Å². The molecule has 1 unspecified atom stereocenters. The Bertz CT molecular complexity index is 659. The van der Waals surface area contributed by atoms with Gasteiger partial charge in [0, 0.05) is 18.9 Å². The second kappa shape index (κ2) is 5.24. The Morgan fingerprint density at radius 3 is 2.79 bits per heavy atom. The zero-order valence-corrected chi connectivity index (χ0v) is 10.9. The molecule has 0 aliphatic rings. The highest BCUT2D eigenvalue weighted by molar-refractivity contribution is 5.82. The Hall–Kier alpha value is -2.13. The van der Waals surface area contributed by atoms with E-state index < -0.39 is 0 Å². The van der Waals surface area contributed by atoms with Crippen molar-refractivity contribution < 1.29 is 0 Å². The van der Waals surface area contributed by atoms with Gasteiger partial charge in [0.1, 0.15) is 5.82 Å². The van der Waals surface area contributed by atoms with E-state index in [1.165, 1.54) is 16.3 Å². The monoisotopic (exact) mass is 251 g/mol. The molecule has 0 bridgehead atoms. The lowest BCUT2D eigenvalue weighted by molar-refractivity contribution is 0.551. The third kappa shape index (κ3) is 2.66. The van der Waals surface area contributed by atoms with Crippen LogP contribution in [0.5, 0.6) is 0 Å². The lowest BCUT2D eigenvalue weighted by Crippen LogP contribution is -2.19. The van der Waals surface area contributed by atoms with Crippen LogP contribution in [0.4, 0.5) is 0 Å². The molecule has 1 aromatic heterocycles. The Balaban J connectivity index is 1.71. The number of rotatable bonds is 4. The first-order valence-electron chi connectivity index (χ1n) is 6.53. The van der Waals surface area contributed by atoms with Crippen molar-refractivity contribution in [3.8, 4) is 0 Å². The number of hydrogen-bond acceptors (Lipinski definition) is 2. The van der Waals surface area contributed by atoms with Gasteiger partial charge in [-0.3, -0.25) is 0 Å². The van der Waals surface area contributed by atoms with Gasteiger partial charge < -0.3 is 10.3 Å². The van der Waals surface area contributed by atoms with E-state index in [1.54, 1.807) is 6.20 Å². The van der Waals surface area contributed by atoms with Crippen LogP contribution in [0, 0.1) is 0 Å². The van der Waals surface area contributed by atoms with Crippen LogP contribution in [0.1, 0.15) is 24.4 Å². The summed E-state index contributed by atoms with van der Waals surface area (Å²) in [5, 5.41) is 6.04. The Morgan fingerprint density at radius 2 is 2.00 bits per heavy atom. The molecule has 3 heteroatoms. The van der Waals surface area contributed by atoms with Gasteiger partial charge in [0.15, 0.2) is 0 Å². The van der Waals surface area contributed by atoms with Gasteiger partial charge in [0.2, 0.25) is 0 Å². The highest BCUT2D eigenvalue weighted by Gasteiger charge is 2.06. The molecule has 0 fully saturated rings. The Kier molecular flexibility index (Phi) is 3.29. The number of fused-ring (bicyclic) bond motifs is 1. The average molecular weight is 251 g/mol. The number of aromatic amines is 1. The average Bonchev–Trinajstić information content (AvgIpc) is 2.99. The number of nitrogens with one attached hydrogen (secondary N) is 2. The molecule has 0 saturated carbocycles. The Morgan fingerprint density at radius 1 is 1.16 bits per heavy atom. The van der Waals surface area contributed by atoms with E-state index in [1.807, 2.05) is 6.20 Å². The van der Waals surface area contributed by atoms with Crippen LogP contribution in [-0.2, 0) is 6.54 Å². The van der Waals surface area contributed by atoms with Crippen molar-refractivity contribution in [2.45, 2.75) is 19.5 Å². The maximum Gasteiger partial charge on any atom is 0.122 e. The van der Waals surface area contributed by atoms with E-state index in [4.69, 9.17) is 0 Å². The predicted octanol–water partition coefficient (Wildman–Crippen LogP) is 3.41. The molecular formula is C16H17N3. The van der Waals surface area contributed by atoms with Crippen LogP contribution < -0.4 is 5.32 Å². The van der Waals surface area contributed by atoms with Gasteiger partial charge in [0.25, 0.3) is 0 Å². The van der Waals surface area contributed by atoms with E-state index in [9.17, 15) is 0 Å². The SMILES string of the molecule is CC(NCc1ccc2ccccc2c1)c1ncc[nH]1. The molecule has 3 nitrogen and oxygen atoms in total. The molecule has 0 aliphatic heterocycles. The van der Waals surface area contributed by atoms with Crippen molar-refractivity contribution in [3.05, 3.63) is 66.2 Å². The van der Waals surface area contributed by atoms with Crippen LogP contribution in [0.25, 0.3) is 10.8 Å². The summed E-state index contributed by atoms with van der Waals surface area (Å²) in [6.07, 6.45) is 3.63. The van der Waals surface area contributed by atoms with Crippen molar-refractivity contribution >= 4 is 10.8 Å². The van der Waals surface area contributed by atoms with Gasteiger partial charge in [-0.1, -0.05) is 36.4 Å². The first-order valence-corrected chi connectivity index (χ1v) is 6.53. The van der Waals surface area contributed by atoms with Gasteiger partial charge in [-0.25, -0.2) is 4.98 Å². The molecular weight excluding hydrogens is 234 g/mol. The van der Waals surface area contributed by atoms with Crippen molar-refractivity contribution in [1.29, 1.82) is 0 Å². The van der Waals surface area contributed by atoms with Crippen LogP contribution in [0.2, 0.25) is 0 Å². The summed E-state index contributed by atoms with van der Waals surface area (Å²) in [6.45, 7) is 2.95. The quantitative estimate of drug-likeness (QED) is 0.746. The summed E-state index contributed by atoms with van der Waals surface area (Å²) < 4.78 is 0. The third-order valence-electron chi connectivity index (χ3n) is 3.36. The molecule has 96 valence electrons. The first kappa shape index (κ1) is 11.9. The molecule has 0 radical (unpaired) electrons. The van der Waals surface area contributed by atoms with Crippen molar-refractivity contribution in [1.82, 2.24) is 15.3 Å². The smallest absolute Gasteiger partial charge is 0.122 e. The molecule has 1 atom stereocenters. The predicted molar refractivity (Wildman–Crippen MR) is 77.8 cm³/mol. The maximum absolute atomic E-state index is 4.26. The fourth-order valence-corrected chi connectivity index (χ4v) is 2.23. The topological polar surface area (TPSA) is 40.7 Å². The van der Waals surface area contributed by atoms with Gasteiger partial charge in [-0.2, -0.15) is 0 Å². The number of nitrogens with zero attached hydrogens (tertiary/aromatic N) is 1. The number of H-pyrrole nitrogens is 1. The zero-order valence-electron chi connectivity index (χ0n) is 10.9. The van der Waals surface area contributed by atoms with E-state index in [-0.39, 0.29) is 6.04 Å². The Labute approximate surface area is 112 Å².